The lowest BCUT2D eigenvalue weighted by molar-refractivity contribution is -0.117. The Morgan fingerprint density at radius 3 is 2.81 bits per heavy atom. The fraction of sp³-hybridized carbons (Fsp3) is 0.294. The molecule has 2 N–H and O–H groups in total. The number of hydrogen-bond acceptors (Lipinski definition) is 4. The van der Waals surface area contributed by atoms with Crippen LogP contribution in [0.2, 0.25) is 0 Å². The second-order valence-electron chi connectivity index (χ2n) is 6.03. The van der Waals surface area contributed by atoms with E-state index in [2.05, 4.69) is 10.3 Å². The van der Waals surface area contributed by atoms with Crippen LogP contribution < -0.4 is 14.4 Å². The molecule has 2 heterocycles. The molecule has 9 heteroatoms. The van der Waals surface area contributed by atoms with Gasteiger partial charge < -0.3 is 10.1 Å². The van der Waals surface area contributed by atoms with Crippen molar-refractivity contribution in [2.45, 2.75) is 25.9 Å². The Kier molecular flexibility index (Phi) is 5.19. The van der Waals surface area contributed by atoms with E-state index >= 15 is 0 Å². The fourth-order valence-corrected chi connectivity index (χ4v) is 3.28. The van der Waals surface area contributed by atoms with E-state index in [1.54, 1.807) is 26.0 Å². The van der Waals surface area contributed by atoms with Crippen molar-refractivity contribution in [1.29, 1.82) is 0 Å². The van der Waals surface area contributed by atoms with Crippen LogP contribution in [0.15, 0.2) is 36.5 Å². The highest BCUT2D eigenvalue weighted by atomic mass is 32.2. The predicted octanol–water partition coefficient (Wildman–Crippen LogP) is 2.69. The van der Waals surface area contributed by atoms with Crippen molar-refractivity contribution >= 4 is 28.5 Å². The molecule has 0 saturated carbocycles. The maximum absolute atomic E-state index is 13.0. The van der Waals surface area contributed by atoms with Crippen LogP contribution in [-0.2, 0) is 16.1 Å². The lowest BCUT2D eigenvalue weighted by Gasteiger charge is -2.31. The number of carbonyl (C=O) groups is 1. The first-order chi connectivity index (χ1) is 12.3. The summed E-state index contributed by atoms with van der Waals surface area (Å²) in [6.07, 6.45) is 1.13. The SMILES string of the molecule is CC(C(=O)Nc1cnc2c(c1)N(S(=O)O)C[C@H](C)O2)c1ccc(F)cc1. The number of aromatic nitrogens is 1. The van der Waals surface area contributed by atoms with E-state index < -0.39 is 17.2 Å². The van der Waals surface area contributed by atoms with Gasteiger partial charge in [-0.2, -0.15) is 0 Å². The predicted molar refractivity (Wildman–Crippen MR) is 95.9 cm³/mol. The zero-order valence-electron chi connectivity index (χ0n) is 14.2. The van der Waals surface area contributed by atoms with E-state index in [4.69, 9.17) is 4.74 Å². The van der Waals surface area contributed by atoms with E-state index in [1.165, 1.54) is 28.7 Å². The second kappa shape index (κ2) is 7.38. The van der Waals surface area contributed by atoms with E-state index in [0.29, 0.717) is 16.9 Å². The first kappa shape index (κ1) is 18.3. The molecule has 138 valence electrons. The van der Waals surface area contributed by atoms with Crippen molar-refractivity contribution in [2.75, 3.05) is 16.2 Å². The van der Waals surface area contributed by atoms with Gasteiger partial charge in [0.1, 0.15) is 17.6 Å². The zero-order valence-corrected chi connectivity index (χ0v) is 15.0. The molecule has 1 aromatic heterocycles. The number of rotatable bonds is 4. The molecular formula is C17H18FN3O4S. The number of nitrogens with zero attached hydrogens (tertiary/aromatic N) is 2. The normalized spacial score (nSPS) is 18.5. The molecule has 26 heavy (non-hydrogen) atoms. The molecule has 0 radical (unpaired) electrons. The van der Waals surface area contributed by atoms with Gasteiger partial charge in [0.05, 0.1) is 24.3 Å². The smallest absolute Gasteiger partial charge is 0.262 e. The maximum Gasteiger partial charge on any atom is 0.262 e. The van der Waals surface area contributed by atoms with Crippen LogP contribution in [-0.4, -0.2) is 32.3 Å². The van der Waals surface area contributed by atoms with Gasteiger partial charge in [0.2, 0.25) is 11.8 Å². The van der Waals surface area contributed by atoms with Crippen molar-refractivity contribution in [1.82, 2.24) is 4.98 Å². The third kappa shape index (κ3) is 3.83. The van der Waals surface area contributed by atoms with Crippen molar-refractivity contribution in [3.8, 4) is 5.88 Å². The summed E-state index contributed by atoms with van der Waals surface area (Å²) < 4.78 is 40.8. The van der Waals surface area contributed by atoms with Gasteiger partial charge in [-0.3, -0.25) is 13.7 Å². The highest BCUT2D eigenvalue weighted by Gasteiger charge is 2.28. The monoisotopic (exact) mass is 379 g/mol. The Morgan fingerprint density at radius 1 is 1.46 bits per heavy atom. The molecule has 0 spiro atoms. The van der Waals surface area contributed by atoms with Crippen molar-refractivity contribution in [3.63, 3.8) is 0 Å². The average Bonchev–Trinajstić information content (AvgIpc) is 2.61. The molecule has 0 aliphatic carbocycles. The average molecular weight is 379 g/mol. The number of benzene rings is 1. The summed E-state index contributed by atoms with van der Waals surface area (Å²) in [4.78, 5) is 16.6. The highest BCUT2D eigenvalue weighted by Crippen LogP contribution is 2.34. The number of halogens is 1. The number of amides is 1. The minimum absolute atomic E-state index is 0.223. The number of ether oxygens (including phenoxy) is 1. The minimum atomic E-state index is -2.23. The summed E-state index contributed by atoms with van der Waals surface area (Å²) >= 11 is -2.23. The van der Waals surface area contributed by atoms with Crippen molar-refractivity contribution < 1.29 is 22.7 Å². The summed E-state index contributed by atoms with van der Waals surface area (Å²) in [6.45, 7) is 3.69. The Bertz CT molecular complexity index is 846. The van der Waals surface area contributed by atoms with Crippen molar-refractivity contribution in [3.05, 3.63) is 47.9 Å². The molecule has 3 atom stereocenters. The van der Waals surface area contributed by atoms with Crippen LogP contribution in [0.25, 0.3) is 0 Å². The van der Waals surface area contributed by atoms with E-state index in [9.17, 15) is 17.9 Å². The summed E-state index contributed by atoms with van der Waals surface area (Å²) in [7, 11) is 0. The second-order valence-corrected chi connectivity index (χ2v) is 6.93. The zero-order chi connectivity index (χ0) is 18.8. The Labute approximate surface area is 152 Å². The number of fused-ring (bicyclic) bond motifs is 1. The van der Waals surface area contributed by atoms with Gasteiger partial charge in [0, 0.05) is 0 Å². The molecule has 3 rings (SSSR count). The minimum Gasteiger partial charge on any atom is -0.471 e. The summed E-state index contributed by atoms with van der Waals surface area (Å²) in [6, 6.07) is 7.24. The first-order valence-electron chi connectivity index (χ1n) is 7.96. The van der Waals surface area contributed by atoms with Gasteiger partial charge >= 0.3 is 0 Å². The Hall–Kier alpha value is -2.52. The maximum atomic E-state index is 13.0. The van der Waals surface area contributed by atoms with Gasteiger partial charge in [-0.1, -0.05) is 12.1 Å². The summed E-state index contributed by atoms with van der Waals surface area (Å²) in [5.74, 6) is -0.951. The van der Waals surface area contributed by atoms with Gasteiger partial charge in [-0.25, -0.2) is 13.6 Å². The number of hydrogen-bond donors (Lipinski definition) is 2. The highest BCUT2D eigenvalue weighted by molar-refractivity contribution is 7.80. The van der Waals surface area contributed by atoms with Crippen LogP contribution in [0.4, 0.5) is 15.8 Å². The van der Waals surface area contributed by atoms with E-state index in [-0.39, 0.29) is 30.3 Å². The molecular weight excluding hydrogens is 361 g/mol. The first-order valence-corrected chi connectivity index (χ1v) is 9.03. The van der Waals surface area contributed by atoms with Crippen LogP contribution in [0.5, 0.6) is 5.88 Å². The lowest BCUT2D eigenvalue weighted by atomic mass is 10.0. The molecule has 1 aliphatic heterocycles. The summed E-state index contributed by atoms with van der Waals surface area (Å²) in [5.41, 5.74) is 1.37. The number of nitrogens with one attached hydrogen (secondary N) is 1. The lowest BCUT2D eigenvalue weighted by Crippen LogP contribution is -2.39. The van der Waals surface area contributed by atoms with E-state index in [0.717, 1.165) is 0 Å². The number of anilines is 2. The molecule has 0 bridgehead atoms. The number of carbonyl (C=O) groups excluding carboxylic acids is 1. The van der Waals surface area contributed by atoms with Crippen molar-refractivity contribution in [2.24, 2.45) is 0 Å². The van der Waals surface area contributed by atoms with Gasteiger partial charge in [0.25, 0.3) is 11.3 Å². The van der Waals surface area contributed by atoms with Crippen LogP contribution >= 0.6 is 0 Å². The molecule has 1 aromatic carbocycles. The molecule has 1 aliphatic rings. The summed E-state index contributed by atoms with van der Waals surface area (Å²) in [5, 5.41) is 2.72. The molecule has 7 nitrogen and oxygen atoms in total. The molecule has 0 saturated heterocycles. The molecule has 2 unspecified atom stereocenters. The van der Waals surface area contributed by atoms with Gasteiger partial charge in [-0.15, -0.1) is 0 Å². The van der Waals surface area contributed by atoms with E-state index in [1.807, 2.05) is 0 Å². The van der Waals surface area contributed by atoms with Crippen LogP contribution in [0.1, 0.15) is 25.3 Å². The Morgan fingerprint density at radius 2 is 2.15 bits per heavy atom. The Balaban J connectivity index is 1.80. The topological polar surface area (TPSA) is 91.8 Å². The van der Waals surface area contributed by atoms with Gasteiger partial charge in [-0.05, 0) is 37.6 Å². The third-order valence-corrected chi connectivity index (χ3v) is 4.78. The number of pyridine rings is 1. The molecule has 2 aromatic rings. The van der Waals surface area contributed by atoms with Crippen LogP contribution in [0.3, 0.4) is 0 Å². The van der Waals surface area contributed by atoms with Crippen LogP contribution in [0, 0.1) is 5.82 Å². The largest absolute Gasteiger partial charge is 0.471 e. The molecule has 1 amide bonds. The standard InChI is InChI=1S/C17H18FN3O4S/c1-10-9-21(26(23)24)15-7-14(8-19-17(15)25-10)20-16(22)11(2)12-3-5-13(18)6-4-12/h3-8,10-11H,9H2,1-2H3,(H,20,22)(H,23,24)/t10-,11?/m0/s1. The quantitative estimate of drug-likeness (QED) is 0.797. The molecule has 0 fully saturated rings. The van der Waals surface area contributed by atoms with Gasteiger partial charge in [0.15, 0.2) is 0 Å². The third-order valence-electron chi connectivity index (χ3n) is 4.06. The fourth-order valence-electron chi connectivity index (χ4n) is 2.64.